The number of aliphatic hydroxyl groups is 1. The van der Waals surface area contributed by atoms with Crippen molar-refractivity contribution in [2.75, 3.05) is 39.6 Å². The molecule has 0 rings (SSSR count). The van der Waals surface area contributed by atoms with Crippen molar-refractivity contribution in [1.29, 1.82) is 0 Å². The van der Waals surface area contributed by atoms with Crippen molar-refractivity contribution in [3.8, 4) is 0 Å². The SMILES string of the molecule is CC(C)CCCCCCCCCCCCCCCCCCCCC(=O)O[C@H](COC(=O)CCCCCCCCCCCCCCCCCC(C)C)COP(=O)(O)OCC(O)COP(=O)(O)OC[C@@H](COC(=O)CCCCCCCCCC(C)C)OC(=O)CCCCCCCCCCCCC(C)C. The summed E-state index contributed by atoms with van der Waals surface area (Å²) in [5.74, 6) is 0.971. The molecule has 17 nitrogen and oxygen atoms in total. The lowest BCUT2D eigenvalue weighted by molar-refractivity contribution is -0.161. The second kappa shape index (κ2) is 72.0. The van der Waals surface area contributed by atoms with Crippen LogP contribution in [0.25, 0.3) is 0 Å². The number of hydrogen-bond acceptors (Lipinski definition) is 15. The summed E-state index contributed by atoms with van der Waals surface area (Å²) >= 11 is 0. The Morgan fingerprint density at radius 3 is 0.608 bits per heavy atom. The van der Waals surface area contributed by atoms with E-state index in [1.54, 1.807) is 0 Å². The summed E-state index contributed by atoms with van der Waals surface area (Å²) in [6.07, 6.45) is 59.9. The molecule has 19 heteroatoms. The number of carbonyl (C=O) groups is 4. The lowest BCUT2D eigenvalue weighted by atomic mass is 10.0. The normalized spacial score (nSPS) is 14.0. The maximum atomic E-state index is 13.1. The number of phosphoric acid groups is 2. The summed E-state index contributed by atoms with van der Waals surface area (Å²) in [6.45, 7) is 14.3. The van der Waals surface area contributed by atoms with Crippen LogP contribution in [0.5, 0.6) is 0 Å². The van der Waals surface area contributed by atoms with Gasteiger partial charge in [-0.05, 0) is 49.4 Å². The molecule has 0 aliphatic rings. The van der Waals surface area contributed by atoms with E-state index in [4.69, 9.17) is 37.0 Å². The van der Waals surface area contributed by atoms with Gasteiger partial charge < -0.3 is 33.8 Å². The molecule has 0 spiro atoms. The van der Waals surface area contributed by atoms with Gasteiger partial charge in [-0.15, -0.1) is 0 Å². The van der Waals surface area contributed by atoms with Crippen LogP contribution in [0.3, 0.4) is 0 Å². The van der Waals surface area contributed by atoms with E-state index in [-0.39, 0.29) is 25.7 Å². The molecule has 3 unspecified atom stereocenters. The number of phosphoric ester groups is 2. The van der Waals surface area contributed by atoms with Crippen molar-refractivity contribution >= 4 is 39.5 Å². The average molecular weight is 1490 g/mol. The van der Waals surface area contributed by atoms with Crippen LogP contribution in [0.2, 0.25) is 0 Å². The van der Waals surface area contributed by atoms with Crippen LogP contribution in [-0.2, 0) is 65.4 Å². The molecule has 102 heavy (non-hydrogen) atoms. The Labute approximate surface area is 626 Å². The van der Waals surface area contributed by atoms with Gasteiger partial charge in [-0.1, -0.05) is 376 Å². The Morgan fingerprint density at radius 1 is 0.245 bits per heavy atom. The van der Waals surface area contributed by atoms with E-state index in [2.05, 4.69) is 55.4 Å². The zero-order valence-corrected chi connectivity index (χ0v) is 69.0. The molecular formula is C83H162O17P2. The van der Waals surface area contributed by atoms with Crippen molar-refractivity contribution < 1.29 is 80.2 Å². The Balaban J connectivity index is 5.22. The summed E-state index contributed by atoms with van der Waals surface area (Å²) in [5.41, 5.74) is 0. The number of carbonyl (C=O) groups excluding carboxylic acids is 4. The van der Waals surface area contributed by atoms with Gasteiger partial charge >= 0.3 is 39.5 Å². The molecule has 5 atom stereocenters. The van der Waals surface area contributed by atoms with Crippen LogP contribution in [-0.4, -0.2) is 96.7 Å². The number of ether oxygens (including phenoxy) is 4. The molecule has 0 aliphatic heterocycles. The first-order valence-electron chi connectivity index (χ1n) is 42.7. The molecule has 0 aromatic heterocycles. The van der Waals surface area contributed by atoms with E-state index in [1.165, 1.54) is 225 Å². The average Bonchev–Trinajstić information content (AvgIpc) is 0.906. The van der Waals surface area contributed by atoms with Gasteiger partial charge in [0.2, 0.25) is 0 Å². The fraction of sp³-hybridized carbons (Fsp3) is 0.952. The van der Waals surface area contributed by atoms with Crippen molar-refractivity contribution in [2.45, 2.75) is 446 Å². The first kappa shape index (κ1) is 100. The number of rotatable bonds is 80. The number of unbranched alkanes of at least 4 members (excludes halogenated alkanes) is 46. The lowest BCUT2D eigenvalue weighted by Crippen LogP contribution is -2.30. The lowest BCUT2D eigenvalue weighted by Gasteiger charge is -2.21. The van der Waals surface area contributed by atoms with Crippen molar-refractivity contribution in [1.82, 2.24) is 0 Å². The third-order valence-electron chi connectivity index (χ3n) is 19.3. The maximum Gasteiger partial charge on any atom is 0.472 e. The molecule has 0 aliphatic carbocycles. The van der Waals surface area contributed by atoms with Gasteiger partial charge in [0, 0.05) is 25.7 Å². The first-order chi connectivity index (χ1) is 49.1. The molecule has 0 saturated carbocycles. The van der Waals surface area contributed by atoms with E-state index >= 15 is 0 Å². The van der Waals surface area contributed by atoms with E-state index in [1.807, 2.05) is 0 Å². The summed E-state index contributed by atoms with van der Waals surface area (Å²) in [6, 6.07) is 0. The third kappa shape index (κ3) is 76.3. The van der Waals surface area contributed by atoms with Gasteiger partial charge in [-0.3, -0.25) is 37.3 Å². The minimum absolute atomic E-state index is 0.105. The monoisotopic (exact) mass is 1490 g/mol. The minimum atomic E-state index is -4.96. The predicted octanol–water partition coefficient (Wildman–Crippen LogP) is 24.8. The zero-order valence-electron chi connectivity index (χ0n) is 67.2. The van der Waals surface area contributed by atoms with E-state index < -0.39 is 97.5 Å². The second-order valence-corrected chi connectivity index (χ2v) is 34.7. The molecule has 606 valence electrons. The van der Waals surface area contributed by atoms with Gasteiger partial charge in [0.1, 0.15) is 19.3 Å². The maximum absolute atomic E-state index is 13.1. The molecule has 0 aromatic rings. The summed E-state index contributed by atoms with van der Waals surface area (Å²) in [4.78, 5) is 73.1. The van der Waals surface area contributed by atoms with Crippen LogP contribution in [0.15, 0.2) is 0 Å². The van der Waals surface area contributed by atoms with Crippen LogP contribution in [0.1, 0.15) is 428 Å². The highest BCUT2D eigenvalue weighted by atomic mass is 31.2. The summed E-state index contributed by atoms with van der Waals surface area (Å²) in [7, 11) is -9.92. The first-order valence-corrected chi connectivity index (χ1v) is 45.7. The van der Waals surface area contributed by atoms with Crippen LogP contribution in [0, 0.1) is 23.7 Å². The van der Waals surface area contributed by atoms with Crippen molar-refractivity contribution in [3.63, 3.8) is 0 Å². The third-order valence-corrected chi connectivity index (χ3v) is 21.2. The molecule has 0 aromatic carbocycles. The van der Waals surface area contributed by atoms with Gasteiger partial charge in [0.25, 0.3) is 0 Å². The molecule has 0 saturated heterocycles. The van der Waals surface area contributed by atoms with Crippen molar-refractivity contribution in [2.24, 2.45) is 23.7 Å². The Hall–Kier alpha value is -1.94. The van der Waals surface area contributed by atoms with E-state index in [0.717, 1.165) is 114 Å². The fourth-order valence-electron chi connectivity index (χ4n) is 12.8. The molecule has 0 fully saturated rings. The fourth-order valence-corrected chi connectivity index (χ4v) is 14.4. The van der Waals surface area contributed by atoms with E-state index in [0.29, 0.717) is 31.6 Å². The van der Waals surface area contributed by atoms with Gasteiger partial charge in [0.15, 0.2) is 12.2 Å². The smallest absolute Gasteiger partial charge is 0.462 e. The number of hydrogen-bond donors (Lipinski definition) is 3. The molecule has 0 amide bonds. The molecule has 0 bridgehead atoms. The Bertz CT molecular complexity index is 1990. The topological polar surface area (TPSA) is 237 Å². The second-order valence-electron chi connectivity index (χ2n) is 31.8. The predicted molar refractivity (Wildman–Crippen MR) is 418 cm³/mol. The standard InChI is InChI=1S/C83H162O17P2/c1-73(2)59-51-43-35-28-22-18-14-11-9-10-12-16-21-25-32-40-49-57-65-82(87)99-78(69-93-80(85)63-55-47-39-31-24-20-17-13-15-19-23-29-36-44-52-60-74(3)4)71-97-101(89,90)95-67-77(84)68-96-102(91,92)98-72-79(70-94-81(86)64-56-48-42-34-38-46-54-62-76(7)8)100-83(88)66-58-50-41-33-27-26-30-37-45-53-61-75(5)6/h73-79,84H,9-72H2,1-8H3,(H,89,90)(H,91,92)/t77?,78-,79-/m1/s1. The highest BCUT2D eigenvalue weighted by Crippen LogP contribution is 2.45. The highest BCUT2D eigenvalue weighted by Gasteiger charge is 2.30. The summed E-state index contributed by atoms with van der Waals surface area (Å²) in [5, 5.41) is 10.6. The van der Waals surface area contributed by atoms with Gasteiger partial charge in [-0.25, -0.2) is 9.13 Å². The summed E-state index contributed by atoms with van der Waals surface area (Å²) < 4.78 is 68.7. The molecule has 0 heterocycles. The molecular weight excluding hydrogens is 1330 g/mol. The van der Waals surface area contributed by atoms with Crippen LogP contribution in [0.4, 0.5) is 0 Å². The Morgan fingerprint density at radius 2 is 0.412 bits per heavy atom. The van der Waals surface area contributed by atoms with Crippen molar-refractivity contribution in [3.05, 3.63) is 0 Å². The molecule has 0 radical (unpaired) electrons. The zero-order chi connectivity index (χ0) is 75.3. The van der Waals surface area contributed by atoms with Crippen LogP contribution < -0.4 is 0 Å². The van der Waals surface area contributed by atoms with E-state index in [9.17, 15) is 43.2 Å². The van der Waals surface area contributed by atoms with Crippen LogP contribution >= 0.6 is 15.6 Å². The highest BCUT2D eigenvalue weighted by molar-refractivity contribution is 7.47. The van der Waals surface area contributed by atoms with Gasteiger partial charge in [0.05, 0.1) is 26.4 Å². The number of aliphatic hydroxyl groups excluding tert-OH is 1. The largest absolute Gasteiger partial charge is 0.472 e. The Kier molecular flexibility index (Phi) is 70.6. The quantitative estimate of drug-likeness (QED) is 0.0222. The molecule has 3 N–H and O–H groups in total. The van der Waals surface area contributed by atoms with Gasteiger partial charge in [-0.2, -0.15) is 0 Å². The minimum Gasteiger partial charge on any atom is -0.462 e. The number of esters is 4.